The van der Waals surface area contributed by atoms with Crippen LogP contribution in [-0.4, -0.2) is 47.2 Å². The summed E-state index contributed by atoms with van der Waals surface area (Å²) in [5.41, 5.74) is 2.09. The molecule has 10 atom stereocenters. The molecule has 0 aliphatic heterocycles. The Labute approximate surface area is 313 Å². The molecule has 1 unspecified atom stereocenters. The van der Waals surface area contributed by atoms with Crippen LogP contribution in [0.2, 0.25) is 0 Å². The van der Waals surface area contributed by atoms with E-state index in [2.05, 4.69) is 58.8 Å². The normalized spacial score (nSPS) is 38.9. The van der Waals surface area contributed by atoms with Gasteiger partial charge in [-0.1, -0.05) is 72.1 Å². The van der Waals surface area contributed by atoms with E-state index in [0.717, 1.165) is 70.6 Å². The molecular weight excluding hydrogens is 649 g/mol. The van der Waals surface area contributed by atoms with Crippen LogP contribution in [0.3, 0.4) is 0 Å². The van der Waals surface area contributed by atoms with Gasteiger partial charge in [0.05, 0.1) is 17.1 Å². The molecule has 2 amide bonds. The van der Waals surface area contributed by atoms with E-state index in [9.17, 15) is 24.6 Å². The van der Waals surface area contributed by atoms with Crippen molar-refractivity contribution >= 4 is 17.8 Å². The van der Waals surface area contributed by atoms with Crippen molar-refractivity contribution < 1.29 is 24.6 Å². The lowest BCUT2D eigenvalue weighted by Crippen LogP contribution is -2.67. The Morgan fingerprint density at radius 1 is 0.769 bits per heavy atom. The van der Waals surface area contributed by atoms with E-state index in [1.165, 1.54) is 43.4 Å². The number of aromatic carboxylic acids is 1. The number of allylic oxidation sites excluding steroid dienone is 1. The third-order valence-electron chi connectivity index (χ3n) is 16.8. The lowest BCUT2D eigenvalue weighted by Gasteiger charge is -2.72. The molecule has 4 N–H and O–H groups in total. The molecule has 0 radical (unpaired) electrons. The predicted octanol–water partition coefficient (Wildman–Crippen LogP) is 9.20. The van der Waals surface area contributed by atoms with Gasteiger partial charge in [-0.25, -0.2) is 4.79 Å². The largest absolute Gasteiger partial charge is 0.478 e. The van der Waals surface area contributed by atoms with Gasteiger partial charge >= 0.3 is 5.97 Å². The molecule has 0 saturated heterocycles. The number of carboxylic acid groups (broad SMARTS) is 1. The maximum atomic E-state index is 14.4. The summed E-state index contributed by atoms with van der Waals surface area (Å²) in [6.45, 7) is 20.5. The van der Waals surface area contributed by atoms with Crippen LogP contribution in [0.15, 0.2) is 36.4 Å². The highest BCUT2D eigenvalue weighted by Crippen LogP contribution is 2.77. The number of aliphatic hydroxyl groups excluding tert-OH is 1. The molecule has 288 valence electrons. The van der Waals surface area contributed by atoms with Crippen molar-refractivity contribution in [3.8, 4) is 0 Å². The van der Waals surface area contributed by atoms with Gasteiger partial charge in [-0.05, 0) is 153 Å². The first kappa shape index (κ1) is 39.0. The van der Waals surface area contributed by atoms with Crippen molar-refractivity contribution in [2.75, 3.05) is 13.1 Å². The highest BCUT2D eigenvalue weighted by atomic mass is 16.4. The summed E-state index contributed by atoms with van der Waals surface area (Å²) in [7, 11) is 0. The average molecular weight is 717 g/mol. The molecule has 5 aliphatic rings. The van der Waals surface area contributed by atoms with Crippen LogP contribution < -0.4 is 10.6 Å². The minimum atomic E-state index is -1.04. The van der Waals surface area contributed by atoms with Gasteiger partial charge in [0.2, 0.25) is 5.91 Å². The van der Waals surface area contributed by atoms with E-state index in [1.54, 1.807) is 12.1 Å². The first-order valence-corrected chi connectivity index (χ1v) is 20.8. The average Bonchev–Trinajstić information content (AvgIpc) is 3.51. The minimum Gasteiger partial charge on any atom is -0.478 e. The molecule has 5 fully saturated rings. The molecule has 1 aromatic rings. The van der Waals surface area contributed by atoms with Crippen LogP contribution in [0.4, 0.5) is 0 Å². The Kier molecular flexibility index (Phi) is 10.9. The van der Waals surface area contributed by atoms with Crippen molar-refractivity contribution in [1.29, 1.82) is 0 Å². The molecule has 0 heterocycles. The third kappa shape index (κ3) is 6.37. The molecule has 7 heteroatoms. The van der Waals surface area contributed by atoms with E-state index >= 15 is 0 Å². The SMILES string of the molecule is C=C(C)[C@@H]1CC[C@]2(C(=O)NCCCCCCCNC(=O)c3cccc(C(=O)O)c3)CC[C@]3(C)[C@H](CCC4[C@@]5(C)CC[C@H](O)C(C)(C)[C@@H]5CC[C@]43C)[C@@H]12. The Balaban J connectivity index is 1.04. The molecule has 1 aromatic carbocycles. The Hall–Kier alpha value is -2.67. The fraction of sp³-hybridized carbons (Fsp3) is 0.756. The van der Waals surface area contributed by atoms with E-state index in [0.29, 0.717) is 54.1 Å². The summed E-state index contributed by atoms with van der Waals surface area (Å²) in [5.74, 6) is 1.52. The van der Waals surface area contributed by atoms with Crippen molar-refractivity contribution in [2.24, 2.45) is 56.7 Å². The second-order valence-electron chi connectivity index (χ2n) is 19.4. The van der Waals surface area contributed by atoms with E-state index in [4.69, 9.17) is 0 Å². The van der Waals surface area contributed by atoms with Gasteiger partial charge in [0.25, 0.3) is 5.91 Å². The van der Waals surface area contributed by atoms with Crippen LogP contribution in [-0.2, 0) is 4.79 Å². The lowest BCUT2D eigenvalue weighted by molar-refractivity contribution is -0.246. The van der Waals surface area contributed by atoms with E-state index < -0.39 is 5.97 Å². The first-order chi connectivity index (χ1) is 24.5. The number of carbonyl (C=O) groups is 3. The van der Waals surface area contributed by atoms with E-state index in [-0.39, 0.29) is 44.6 Å². The van der Waals surface area contributed by atoms with Crippen molar-refractivity contribution in [2.45, 2.75) is 144 Å². The number of benzene rings is 1. The number of carboxylic acids is 1. The molecule has 0 bridgehead atoms. The summed E-state index contributed by atoms with van der Waals surface area (Å²) in [6.07, 6.45) is 15.8. The molecule has 5 aliphatic carbocycles. The summed E-state index contributed by atoms with van der Waals surface area (Å²) in [6, 6.07) is 6.12. The number of hydrogen-bond acceptors (Lipinski definition) is 4. The van der Waals surface area contributed by atoms with Crippen LogP contribution in [0.25, 0.3) is 0 Å². The Morgan fingerprint density at radius 2 is 1.44 bits per heavy atom. The maximum Gasteiger partial charge on any atom is 0.335 e. The number of unbranched alkanes of at least 4 members (excludes halogenated alkanes) is 4. The van der Waals surface area contributed by atoms with Crippen LogP contribution in [0, 0.1) is 56.7 Å². The van der Waals surface area contributed by atoms with Crippen LogP contribution in [0.5, 0.6) is 0 Å². The zero-order valence-electron chi connectivity index (χ0n) is 33.1. The fourth-order valence-corrected chi connectivity index (χ4v) is 13.8. The standard InChI is InChI=1S/C45H68N2O5/c1-29(2)32-18-23-45(40(52)47-27-12-10-8-9-11-26-46-38(49)30-14-13-15-31(28-30)39(50)51)25-24-43(6)33(37(32)45)16-17-35-42(5)21-20-36(48)41(3,4)34(42)19-22-44(35,43)7/h13-15,28,32-37,48H,1,8-12,16-27H2,2-7H3,(H,46,49)(H,47,52)(H,50,51)/t32-,33+,34-,35?,36-,37+,42-,43+,44+,45-/m0/s1. The molecular formula is C45H68N2O5. The van der Waals surface area contributed by atoms with Gasteiger partial charge in [-0.15, -0.1) is 0 Å². The maximum absolute atomic E-state index is 14.4. The summed E-state index contributed by atoms with van der Waals surface area (Å²) in [4.78, 5) is 38.1. The van der Waals surface area contributed by atoms with Crippen LogP contribution >= 0.6 is 0 Å². The van der Waals surface area contributed by atoms with Crippen molar-refractivity contribution in [1.82, 2.24) is 10.6 Å². The molecule has 7 nitrogen and oxygen atoms in total. The Bertz CT molecular complexity index is 1540. The topological polar surface area (TPSA) is 116 Å². The fourth-order valence-electron chi connectivity index (χ4n) is 13.8. The number of amides is 2. The number of carbonyl (C=O) groups excluding carboxylic acids is 2. The molecule has 5 saturated carbocycles. The highest BCUT2D eigenvalue weighted by Gasteiger charge is 2.71. The quantitative estimate of drug-likeness (QED) is 0.127. The lowest BCUT2D eigenvalue weighted by atomic mass is 9.32. The number of hydrogen-bond donors (Lipinski definition) is 4. The smallest absolute Gasteiger partial charge is 0.335 e. The molecule has 0 aromatic heterocycles. The van der Waals surface area contributed by atoms with Gasteiger partial charge in [0, 0.05) is 18.7 Å². The number of rotatable bonds is 12. The number of nitrogens with one attached hydrogen (secondary N) is 2. The monoisotopic (exact) mass is 717 g/mol. The molecule has 6 rings (SSSR count). The zero-order chi connectivity index (χ0) is 37.7. The molecule has 0 spiro atoms. The predicted molar refractivity (Wildman–Crippen MR) is 207 cm³/mol. The van der Waals surface area contributed by atoms with Gasteiger partial charge in [-0.3, -0.25) is 9.59 Å². The molecule has 52 heavy (non-hydrogen) atoms. The minimum absolute atomic E-state index is 0.0421. The summed E-state index contributed by atoms with van der Waals surface area (Å²) >= 11 is 0. The third-order valence-corrected chi connectivity index (χ3v) is 16.8. The van der Waals surface area contributed by atoms with Crippen molar-refractivity contribution in [3.63, 3.8) is 0 Å². The zero-order valence-corrected chi connectivity index (χ0v) is 33.1. The van der Waals surface area contributed by atoms with Gasteiger partial charge in [0.15, 0.2) is 0 Å². The summed E-state index contributed by atoms with van der Waals surface area (Å²) < 4.78 is 0. The number of fused-ring (bicyclic) bond motifs is 7. The first-order valence-electron chi connectivity index (χ1n) is 20.8. The second-order valence-corrected chi connectivity index (χ2v) is 19.4. The second kappa shape index (κ2) is 14.5. The summed E-state index contributed by atoms with van der Waals surface area (Å²) in [5, 5.41) is 26.6. The van der Waals surface area contributed by atoms with Gasteiger partial charge < -0.3 is 20.8 Å². The number of aliphatic hydroxyl groups is 1. The van der Waals surface area contributed by atoms with Gasteiger partial charge in [0.1, 0.15) is 0 Å². The van der Waals surface area contributed by atoms with Gasteiger partial charge in [-0.2, -0.15) is 0 Å². The van der Waals surface area contributed by atoms with Crippen molar-refractivity contribution in [3.05, 3.63) is 47.5 Å². The Morgan fingerprint density at radius 3 is 2.13 bits per heavy atom. The van der Waals surface area contributed by atoms with E-state index in [1.807, 2.05) is 0 Å². The highest BCUT2D eigenvalue weighted by molar-refractivity contribution is 5.97. The van der Waals surface area contributed by atoms with Crippen LogP contribution in [0.1, 0.15) is 159 Å².